The van der Waals surface area contributed by atoms with E-state index in [9.17, 15) is 4.79 Å². The van der Waals surface area contributed by atoms with Crippen LogP contribution >= 0.6 is 0 Å². The number of hydrogen-bond donors (Lipinski definition) is 0. The van der Waals surface area contributed by atoms with Gasteiger partial charge in [0.05, 0.1) is 6.07 Å². The quantitative estimate of drug-likeness (QED) is 0.650. The third kappa shape index (κ3) is 1.37. The maximum atomic E-state index is 11.6. The molecule has 0 N–H and O–H groups in total. The molecule has 0 bridgehead atoms. The monoisotopic (exact) mass is 177 g/mol. The number of ketones is 1. The summed E-state index contributed by atoms with van der Waals surface area (Å²) in [6.45, 7) is 0. The van der Waals surface area contributed by atoms with Gasteiger partial charge in [-0.15, -0.1) is 0 Å². The van der Waals surface area contributed by atoms with Crippen LogP contribution in [0.1, 0.15) is 44.9 Å². The fourth-order valence-electron chi connectivity index (χ4n) is 2.50. The van der Waals surface area contributed by atoms with E-state index in [-0.39, 0.29) is 5.78 Å². The molecule has 1 unspecified atom stereocenters. The topological polar surface area (TPSA) is 40.9 Å². The largest absolute Gasteiger partial charge is 0.298 e. The normalized spacial score (nSPS) is 34.2. The van der Waals surface area contributed by atoms with E-state index in [1.54, 1.807) is 0 Å². The van der Waals surface area contributed by atoms with Gasteiger partial charge in [0.2, 0.25) is 0 Å². The molecule has 2 nitrogen and oxygen atoms in total. The van der Waals surface area contributed by atoms with Crippen molar-refractivity contribution < 1.29 is 4.79 Å². The fraction of sp³-hybridized carbons (Fsp3) is 0.818. The van der Waals surface area contributed by atoms with Crippen molar-refractivity contribution >= 4 is 5.78 Å². The highest BCUT2D eigenvalue weighted by Crippen LogP contribution is 2.44. The van der Waals surface area contributed by atoms with Crippen molar-refractivity contribution in [2.45, 2.75) is 44.9 Å². The maximum Gasteiger partial charge on any atom is 0.153 e. The predicted octanol–water partition coefficient (Wildman–Crippen LogP) is 2.44. The molecular formula is C11H15NO. The van der Waals surface area contributed by atoms with E-state index in [0.717, 1.165) is 19.3 Å². The number of nitriles is 1. The second-order valence-electron chi connectivity index (χ2n) is 4.47. The number of hydrogen-bond acceptors (Lipinski definition) is 2. The minimum Gasteiger partial charge on any atom is -0.298 e. The number of nitrogens with zero attached hydrogens (tertiary/aromatic N) is 1. The summed E-state index contributed by atoms with van der Waals surface area (Å²) < 4.78 is 0. The Kier molecular flexibility index (Phi) is 2.11. The SMILES string of the molecule is N#CC1(CC2CCC2)CCCC1=O. The van der Waals surface area contributed by atoms with Gasteiger partial charge in [-0.05, 0) is 25.2 Å². The Hall–Kier alpha value is -0.840. The van der Waals surface area contributed by atoms with Gasteiger partial charge in [0.25, 0.3) is 0 Å². The minimum atomic E-state index is -0.564. The predicted molar refractivity (Wildman–Crippen MR) is 48.9 cm³/mol. The lowest BCUT2D eigenvalue weighted by Gasteiger charge is -2.31. The smallest absolute Gasteiger partial charge is 0.153 e. The first-order valence-corrected chi connectivity index (χ1v) is 5.21. The summed E-state index contributed by atoms with van der Waals surface area (Å²) in [5, 5.41) is 9.08. The zero-order valence-electron chi connectivity index (χ0n) is 7.88. The first kappa shape index (κ1) is 8.74. The van der Waals surface area contributed by atoms with Crippen molar-refractivity contribution in [2.75, 3.05) is 0 Å². The van der Waals surface area contributed by atoms with Crippen LogP contribution in [0.5, 0.6) is 0 Å². The Labute approximate surface area is 78.9 Å². The number of Topliss-reactive ketones (excluding diaryl/α,β-unsaturated/α-hetero) is 1. The molecule has 0 aliphatic heterocycles. The summed E-state index contributed by atoms with van der Waals surface area (Å²) in [7, 11) is 0. The highest BCUT2D eigenvalue weighted by Gasteiger charge is 2.44. The molecule has 13 heavy (non-hydrogen) atoms. The van der Waals surface area contributed by atoms with Crippen molar-refractivity contribution in [3.63, 3.8) is 0 Å². The molecule has 0 heterocycles. The molecule has 2 rings (SSSR count). The number of carbonyl (C=O) groups is 1. The zero-order chi connectivity index (χ0) is 9.31. The molecule has 2 fully saturated rings. The molecule has 0 spiro atoms. The summed E-state index contributed by atoms with van der Waals surface area (Å²) in [6.07, 6.45) is 6.99. The van der Waals surface area contributed by atoms with E-state index in [1.807, 2.05) is 0 Å². The van der Waals surface area contributed by atoms with Crippen LogP contribution in [0.15, 0.2) is 0 Å². The number of rotatable bonds is 2. The van der Waals surface area contributed by atoms with Crippen LogP contribution in [0, 0.1) is 22.7 Å². The van der Waals surface area contributed by atoms with Gasteiger partial charge in [-0.1, -0.05) is 19.3 Å². The Morgan fingerprint density at radius 1 is 1.46 bits per heavy atom. The van der Waals surface area contributed by atoms with E-state index in [0.29, 0.717) is 12.3 Å². The highest BCUT2D eigenvalue weighted by molar-refractivity contribution is 5.89. The van der Waals surface area contributed by atoms with E-state index >= 15 is 0 Å². The Bertz CT molecular complexity index is 262. The maximum absolute atomic E-state index is 11.6. The van der Waals surface area contributed by atoms with Crippen LogP contribution in [0.2, 0.25) is 0 Å². The van der Waals surface area contributed by atoms with E-state index < -0.39 is 5.41 Å². The average Bonchev–Trinajstić information content (AvgIpc) is 2.41. The average molecular weight is 177 g/mol. The van der Waals surface area contributed by atoms with Gasteiger partial charge in [0, 0.05) is 6.42 Å². The van der Waals surface area contributed by atoms with Gasteiger partial charge in [0.1, 0.15) is 5.41 Å². The molecule has 70 valence electrons. The fourth-order valence-corrected chi connectivity index (χ4v) is 2.50. The minimum absolute atomic E-state index is 0.210. The summed E-state index contributed by atoms with van der Waals surface area (Å²) in [5.74, 6) is 0.878. The van der Waals surface area contributed by atoms with Gasteiger partial charge in [0.15, 0.2) is 5.78 Å². The van der Waals surface area contributed by atoms with Crippen molar-refractivity contribution in [3.8, 4) is 6.07 Å². The first-order chi connectivity index (χ1) is 6.27. The molecule has 0 radical (unpaired) electrons. The molecule has 0 saturated heterocycles. The summed E-state index contributed by atoms with van der Waals surface area (Å²) in [4.78, 5) is 11.6. The van der Waals surface area contributed by atoms with Crippen LogP contribution in [0.3, 0.4) is 0 Å². The third-order valence-electron chi connectivity index (χ3n) is 3.62. The van der Waals surface area contributed by atoms with Crippen LogP contribution in [-0.2, 0) is 4.79 Å². The Morgan fingerprint density at radius 2 is 2.23 bits per heavy atom. The van der Waals surface area contributed by atoms with Crippen LogP contribution in [0.4, 0.5) is 0 Å². The van der Waals surface area contributed by atoms with Crippen molar-refractivity contribution in [2.24, 2.45) is 11.3 Å². The molecule has 0 aromatic heterocycles. The van der Waals surface area contributed by atoms with Gasteiger partial charge >= 0.3 is 0 Å². The van der Waals surface area contributed by atoms with Crippen LogP contribution in [-0.4, -0.2) is 5.78 Å². The summed E-state index contributed by atoms with van der Waals surface area (Å²) in [6, 6.07) is 2.28. The van der Waals surface area contributed by atoms with Crippen LogP contribution in [0.25, 0.3) is 0 Å². The highest BCUT2D eigenvalue weighted by atomic mass is 16.1. The molecular weight excluding hydrogens is 162 g/mol. The van der Waals surface area contributed by atoms with Gasteiger partial charge in [-0.3, -0.25) is 4.79 Å². The van der Waals surface area contributed by atoms with E-state index in [2.05, 4.69) is 6.07 Å². The second kappa shape index (κ2) is 3.14. The second-order valence-corrected chi connectivity index (χ2v) is 4.47. The van der Waals surface area contributed by atoms with E-state index in [4.69, 9.17) is 5.26 Å². The third-order valence-corrected chi connectivity index (χ3v) is 3.62. The molecule has 2 saturated carbocycles. The van der Waals surface area contributed by atoms with Crippen LogP contribution < -0.4 is 0 Å². The van der Waals surface area contributed by atoms with Gasteiger partial charge in [-0.25, -0.2) is 0 Å². The van der Waals surface area contributed by atoms with E-state index in [1.165, 1.54) is 19.3 Å². The molecule has 2 aliphatic rings. The summed E-state index contributed by atoms with van der Waals surface area (Å²) in [5.41, 5.74) is -0.564. The summed E-state index contributed by atoms with van der Waals surface area (Å²) >= 11 is 0. The number of carbonyl (C=O) groups excluding carboxylic acids is 1. The molecule has 0 amide bonds. The molecule has 0 aromatic rings. The molecule has 0 aromatic carbocycles. The van der Waals surface area contributed by atoms with Crippen molar-refractivity contribution in [3.05, 3.63) is 0 Å². The van der Waals surface area contributed by atoms with Crippen molar-refractivity contribution in [1.82, 2.24) is 0 Å². The lowest BCUT2D eigenvalue weighted by molar-refractivity contribution is -0.124. The van der Waals surface area contributed by atoms with Crippen molar-refractivity contribution in [1.29, 1.82) is 5.26 Å². The Morgan fingerprint density at radius 3 is 2.62 bits per heavy atom. The molecule has 1 atom stereocenters. The standard InChI is InChI=1S/C11H15NO/c12-8-11(6-2-5-10(11)13)7-9-3-1-4-9/h9H,1-7H2. The zero-order valence-corrected chi connectivity index (χ0v) is 7.88. The van der Waals surface area contributed by atoms with Gasteiger partial charge < -0.3 is 0 Å². The van der Waals surface area contributed by atoms with Gasteiger partial charge in [-0.2, -0.15) is 5.26 Å². The Balaban J connectivity index is 2.06. The molecule has 2 heteroatoms. The lowest BCUT2D eigenvalue weighted by atomic mass is 9.71. The lowest BCUT2D eigenvalue weighted by Crippen LogP contribution is -2.29. The first-order valence-electron chi connectivity index (χ1n) is 5.21. The molecule has 2 aliphatic carbocycles.